The minimum atomic E-state index is -0.0192. The number of aryl methyl sites for hydroxylation is 1. The lowest BCUT2D eigenvalue weighted by Crippen LogP contribution is -2.59. The molecule has 1 amide bonds. The zero-order chi connectivity index (χ0) is 24.9. The van der Waals surface area contributed by atoms with Crippen molar-refractivity contribution in [3.63, 3.8) is 0 Å². The van der Waals surface area contributed by atoms with Crippen LogP contribution in [0.3, 0.4) is 0 Å². The van der Waals surface area contributed by atoms with E-state index in [0.717, 1.165) is 54.6 Å². The summed E-state index contributed by atoms with van der Waals surface area (Å²) in [5, 5.41) is 18.5. The van der Waals surface area contributed by atoms with Crippen LogP contribution in [0.2, 0.25) is 0 Å². The molecule has 10 heteroatoms. The van der Waals surface area contributed by atoms with Crippen LogP contribution in [0, 0.1) is 23.7 Å². The summed E-state index contributed by atoms with van der Waals surface area (Å²) in [5.74, 6) is 1.25. The number of aromatic amines is 1. The van der Waals surface area contributed by atoms with Crippen molar-refractivity contribution in [2.75, 3.05) is 62.3 Å². The van der Waals surface area contributed by atoms with Crippen molar-refractivity contribution in [2.24, 2.45) is 5.41 Å². The summed E-state index contributed by atoms with van der Waals surface area (Å²) in [6, 6.07) is 6.44. The number of amides is 1. The molecule has 10 nitrogen and oxygen atoms in total. The first-order valence-corrected chi connectivity index (χ1v) is 12.3. The van der Waals surface area contributed by atoms with Gasteiger partial charge < -0.3 is 19.4 Å². The average molecular weight is 485 g/mol. The smallest absolute Gasteiger partial charge is 0.245 e. The van der Waals surface area contributed by atoms with Gasteiger partial charge in [-0.3, -0.25) is 9.89 Å². The third kappa shape index (κ3) is 3.58. The number of ether oxygens (including phenoxy) is 1. The number of hydrogen-bond acceptors (Lipinski definition) is 8. The highest BCUT2D eigenvalue weighted by Gasteiger charge is 2.49. The van der Waals surface area contributed by atoms with Crippen molar-refractivity contribution < 1.29 is 9.53 Å². The number of nitrogens with zero attached hydrogens (tertiary/aromatic N) is 7. The maximum atomic E-state index is 12.0. The van der Waals surface area contributed by atoms with E-state index in [1.54, 1.807) is 6.20 Å². The summed E-state index contributed by atoms with van der Waals surface area (Å²) in [6.07, 6.45) is 4.14. The molecule has 3 aliphatic heterocycles. The van der Waals surface area contributed by atoms with Gasteiger partial charge in [0.15, 0.2) is 5.82 Å². The first-order chi connectivity index (χ1) is 17.5. The monoisotopic (exact) mass is 484 g/mol. The van der Waals surface area contributed by atoms with Gasteiger partial charge >= 0.3 is 0 Å². The topological polar surface area (TPSA) is 114 Å². The first-order valence-electron chi connectivity index (χ1n) is 12.3. The third-order valence-electron chi connectivity index (χ3n) is 7.63. The van der Waals surface area contributed by atoms with Crippen LogP contribution in [0.1, 0.15) is 17.5 Å². The van der Waals surface area contributed by atoms with Crippen molar-refractivity contribution in [3.8, 4) is 17.3 Å². The van der Waals surface area contributed by atoms with Crippen LogP contribution in [-0.4, -0.2) is 83.5 Å². The summed E-state index contributed by atoms with van der Waals surface area (Å²) >= 11 is 0. The van der Waals surface area contributed by atoms with E-state index in [2.05, 4.69) is 32.6 Å². The molecule has 1 N–H and O–H groups in total. The van der Waals surface area contributed by atoms with E-state index >= 15 is 0 Å². The lowest BCUT2D eigenvalue weighted by Gasteiger charge is -2.47. The van der Waals surface area contributed by atoms with Crippen molar-refractivity contribution in [3.05, 3.63) is 42.1 Å². The lowest BCUT2D eigenvalue weighted by atomic mass is 9.79. The first kappa shape index (κ1) is 22.5. The van der Waals surface area contributed by atoms with E-state index in [-0.39, 0.29) is 11.3 Å². The van der Waals surface area contributed by atoms with Crippen LogP contribution in [0.15, 0.2) is 31.0 Å². The molecular formula is C26H28N8O2. The Labute approximate surface area is 209 Å². The number of rotatable bonds is 4. The fourth-order valence-electron chi connectivity index (χ4n) is 5.72. The number of H-pyrrole nitrogens is 1. The standard InChI is InChI=1S/C26H28N8O2/c1-3-21(35)34-15-26(16-34)6-7-33(14-26)25-29-23(22-17(2)4-5-20-19(22)13-28-31-20)18(12-27)24(30-25)32-8-10-36-11-9-32/h3-5,13H,1,6-11,14-16H2,2H3,(H,28,31). The number of nitriles is 1. The number of aromatic nitrogens is 4. The predicted molar refractivity (Wildman–Crippen MR) is 136 cm³/mol. The second kappa shape index (κ2) is 8.60. The fraction of sp³-hybridized carbons (Fsp3) is 0.423. The normalized spacial score (nSPS) is 18.9. The number of nitrogens with one attached hydrogen (secondary N) is 1. The van der Waals surface area contributed by atoms with Gasteiger partial charge in [0, 0.05) is 55.6 Å². The van der Waals surface area contributed by atoms with Crippen LogP contribution >= 0.6 is 0 Å². The van der Waals surface area contributed by atoms with Gasteiger partial charge in [-0.15, -0.1) is 0 Å². The van der Waals surface area contributed by atoms with Crippen LogP contribution < -0.4 is 9.80 Å². The van der Waals surface area contributed by atoms with Gasteiger partial charge in [0.1, 0.15) is 11.6 Å². The Kier molecular flexibility index (Phi) is 5.38. The number of carbonyl (C=O) groups excluding carboxylic acids is 1. The molecule has 6 rings (SSSR count). The SMILES string of the molecule is C=CC(=O)N1CC2(CCN(c3nc(-c4c(C)ccc5[nH]ncc45)c(C#N)c(N4CCOCC4)n3)C2)C1. The minimum absolute atomic E-state index is 0.0192. The van der Waals surface area contributed by atoms with E-state index in [1.807, 2.05) is 24.0 Å². The summed E-state index contributed by atoms with van der Waals surface area (Å²) in [4.78, 5) is 28.2. The maximum absolute atomic E-state index is 12.0. The Bertz CT molecular complexity index is 1390. The van der Waals surface area contributed by atoms with Crippen molar-refractivity contribution >= 4 is 28.6 Å². The Morgan fingerprint density at radius 3 is 2.75 bits per heavy atom. The molecule has 3 aliphatic rings. The Morgan fingerprint density at radius 1 is 1.19 bits per heavy atom. The van der Waals surface area contributed by atoms with E-state index in [1.165, 1.54) is 6.08 Å². The summed E-state index contributed by atoms with van der Waals surface area (Å²) in [7, 11) is 0. The lowest BCUT2D eigenvalue weighted by molar-refractivity contribution is -0.136. The van der Waals surface area contributed by atoms with Gasteiger partial charge in [0.25, 0.3) is 0 Å². The van der Waals surface area contributed by atoms with Crippen molar-refractivity contribution in [1.29, 1.82) is 5.26 Å². The molecular weight excluding hydrogens is 456 g/mol. The molecule has 5 heterocycles. The van der Waals surface area contributed by atoms with Crippen molar-refractivity contribution in [1.82, 2.24) is 25.1 Å². The molecule has 2 aromatic heterocycles. The summed E-state index contributed by atoms with van der Waals surface area (Å²) in [5.41, 5.74) is 3.97. The molecule has 0 radical (unpaired) electrons. The number of morpholine rings is 1. The molecule has 0 saturated carbocycles. The van der Waals surface area contributed by atoms with E-state index in [0.29, 0.717) is 49.3 Å². The van der Waals surface area contributed by atoms with Crippen LogP contribution in [0.4, 0.5) is 11.8 Å². The minimum Gasteiger partial charge on any atom is -0.378 e. The van der Waals surface area contributed by atoms with Gasteiger partial charge in [-0.25, -0.2) is 4.98 Å². The van der Waals surface area contributed by atoms with Crippen molar-refractivity contribution in [2.45, 2.75) is 13.3 Å². The number of fused-ring (bicyclic) bond motifs is 1. The van der Waals surface area contributed by atoms with Crippen LogP contribution in [-0.2, 0) is 9.53 Å². The Morgan fingerprint density at radius 2 is 2.00 bits per heavy atom. The zero-order valence-corrected chi connectivity index (χ0v) is 20.3. The number of carbonyl (C=O) groups is 1. The van der Waals surface area contributed by atoms with Crippen LogP contribution in [0.25, 0.3) is 22.2 Å². The molecule has 0 bridgehead atoms. The quantitative estimate of drug-likeness (QED) is 0.561. The Hall–Kier alpha value is -3.97. The fourth-order valence-corrected chi connectivity index (χ4v) is 5.72. The second-order valence-electron chi connectivity index (χ2n) is 9.94. The van der Waals surface area contributed by atoms with Gasteiger partial charge in [-0.1, -0.05) is 12.6 Å². The zero-order valence-electron chi connectivity index (χ0n) is 20.3. The molecule has 1 spiro atoms. The molecule has 184 valence electrons. The maximum Gasteiger partial charge on any atom is 0.245 e. The molecule has 36 heavy (non-hydrogen) atoms. The average Bonchev–Trinajstić information content (AvgIpc) is 3.55. The molecule has 3 aromatic rings. The number of anilines is 2. The highest BCUT2D eigenvalue weighted by atomic mass is 16.5. The number of benzene rings is 1. The van der Waals surface area contributed by atoms with E-state index < -0.39 is 0 Å². The second-order valence-corrected chi connectivity index (χ2v) is 9.94. The summed E-state index contributed by atoms with van der Waals surface area (Å²) in [6.45, 7) is 11.2. The molecule has 0 atom stereocenters. The molecule has 3 saturated heterocycles. The van der Waals surface area contributed by atoms with E-state index in [9.17, 15) is 10.1 Å². The largest absolute Gasteiger partial charge is 0.378 e. The highest BCUT2D eigenvalue weighted by molar-refractivity contribution is 5.97. The molecule has 0 unspecified atom stereocenters. The van der Waals surface area contributed by atoms with Gasteiger partial charge in [0.2, 0.25) is 11.9 Å². The van der Waals surface area contributed by atoms with Gasteiger partial charge in [0.05, 0.1) is 30.6 Å². The Balaban J connectivity index is 1.44. The highest BCUT2D eigenvalue weighted by Crippen LogP contribution is 2.42. The third-order valence-corrected chi connectivity index (χ3v) is 7.63. The molecule has 3 fully saturated rings. The van der Waals surface area contributed by atoms with E-state index in [4.69, 9.17) is 14.7 Å². The predicted octanol–water partition coefficient (Wildman–Crippen LogP) is 2.26. The van der Waals surface area contributed by atoms with Gasteiger partial charge in [-0.2, -0.15) is 15.3 Å². The van der Waals surface area contributed by atoms with Gasteiger partial charge in [-0.05, 0) is 31.1 Å². The number of hydrogen-bond donors (Lipinski definition) is 1. The number of likely N-dealkylation sites (tertiary alicyclic amines) is 1. The molecule has 1 aromatic carbocycles. The molecule has 0 aliphatic carbocycles. The van der Waals surface area contributed by atoms with Crippen LogP contribution in [0.5, 0.6) is 0 Å². The summed E-state index contributed by atoms with van der Waals surface area (Å²) < 4.78 is 5.56.